The minimum absolute atomic E-state index is 0.309. The Bertz CT molecular complexity index is 3690. The Kier molecular flexibility index (Phi) is 9.90. The van der Waals surface area contributed by atoms with Gasteiger partial charge in [0.05, 0.1) is 33.9 Å². The van der Waals surface area contributed by atoms with E-state index in [0.29, 0.717) is 23.0 Å². The summed E-state index contributed by atoms with van der Waals surface area (Å²) in [6.07, 6.45) is 12.3. The van der Waals surface area contributed by atoms with E-state index in [1.807, 2.05) is 32.0 Å². The number of nitrogens with zero attached hydrogens (tertiary/aromatic N) is 4. The first kappa shape index (κ1) is 40.9. The summed E-state index contributed by atoms with van der Waals surface area (Å²) in [6, 6.07) is 47.9. The van der Waals surface area contributed by atoms with Crippen molar-refractivity contribution in [3.8, 4) is 12.1 Å². The first-order valence-electron chi connectivity index (χ1n) is 23.4. The third-order valence-electron chi connectivity index (χ3n) is 14.0. The molecule has 5 nitrogen and oxygen atoms in total. The van der Waals surface area contributed by atoms with Gasteiger partial charge in [0.2, 0.25) is 0 Å². The van der Waals surface area contributed by atoms with Crippen molar-refractivity contribution in [1.82, 2.24) is 0 Å². The molecule has 12 rings (SSSR count). The van der Waals surface area contributed by atoms with Gasteiger partial charge in [-0.25, -0.2) is 0 Å². The molecule has 0 radical (unpaired) electrons. The second kappa shape index (κ2) is 16.0. The summed E-state index contributed by atoms with van der Waals surface area (Å²) in [4.78, 5) is 4.58. The number of para-hydroxylation sites is 3. The van der Waals surface area contributed by atoms with Crippen molar-refractivity contribution in [2.45, 2.75) is 60.8 Å². The van der Waals surface area contributed by atoms with Crippen molar-refractivity contribution in [2.75, 3.05) is 9.80 Å². The predicted octanol–water partition coefficient (Wildman–Crippen LogP) is 16.9. The largest absolute Gasteiger partial charge is 0.454 e. The molecular formula is C61H50N4O. The minimum atomic E-state index is 0.309. The first-order chi connectivity index (χ1) is 32.3. The molecule has 0 amide bonds. The molecule has 0 saturated heterocycles. The van der Waals surface area contributed by atoms with Crippen LogP contribution in [0.25, 0.3) is 59.8 Å². The smallest absolute Gasteiger partial charge is 0.159 e. The van der Waals surface area contributed by atoms with Crippen molar-refractivity contribution in [3.05, 3.63) is 190 Å². The van der Waals surface area contributed by atoms with Crippen LogP contribution in [0.5, 0.6) is 0 Å². The highest BCUT2D eigenvalue weighted by Gasteiger charge is 2.32. The fourth-order valence-corrected chi connectivity index (χ4v) is 10.9. The molecule has 1 heterocycles. The lowest BCUT2D eigenvalue weighted by molar-refractivity contribution is 0.668. The zero-order valence-corrected chi connectivity index (χ0v) is 38.3. The monoisotopic (exact) mass is 854 g/mol. The number of benzene rings is 8. The predicted molar refractivity (Wildman–Crippen MR) is 275 cm³/mol. The Morgan fingerprint density at radius 2 is 1.18 bits per heavy atom. The molecule has 3 aliphatic rings. The molecule has 0 fully saturated rings. The second-order valence-electron chi connectivity index (χ2n) is 18.1. The van der Waals surface area contributed by atoms with E-state index in [1.165, 1.54) is 22.3 Å². The van der Waals surface area contributed by atoms with Gasteiger partial charge >= 0.3 is 0 Å². The van der Waals surface area contributed by atoms with Crippen LogP contribution in [0.1, 0.15) is 75.3 Å². The normalized spacial score (nSPS) is 16.5. The number of aryl methyl sites for hydroxylation is 1. The topological polar surface area (TPSA) is 67.2 Å². The number of furan rings is 1. The Labute approximate surface area is 386 Å². The van der Waals surface area contributed by atoms with Crippen LogP contribution in [0.15, 0.2) is 167 Å². The Morgan fingerprint density at radius 3 is 1.91 bits per heavy atom. The van der Waals surface area contributed by atoms with Gasteiger partial charge in [-0.05, 0) is 130 Å². The molecule has 8 aromatic carbocycles. The van der Waals surface area contributed by atoms with Gasteiger partial charge in [-0.3, -0.25) is 0 Å². The Balaban J connectivity index is 0.00000238. The van der Waals surface area contributed by atoms with Gasteiger partial charge in [-0.2, -0.15) is 10.5 Å². The molecule has 320 valence electrons. The molecule has 2 unspecified atom stereocenters. The molecule has 2 atom stereocenters. The number of allylic oxidation sites excluding steroid dienone is 7. The average molecular weight is 855 g/mol. The molecule has 3 aliphatic carbocycles. The van der Waals surface area contributed by atoms with Gasteiger partial charge in [0, 0.05) is 39.4 Å². The maximum absolute atomic E-state index is 11.4. The quantitative estimate of drug-likeness (QED) is 0.156. The third kappa shape index (κ3) is 6.18. The maximum atomic E-state index is 11.4. The van der Waals surface area contributed by atoms with Crippen LogP contribution in [0, 0.1) is 41.4 Å². The van der Waals surface area contributed by atoms with Crippen LogP contribution in [-0.2, 0) is 6.42 Å². The van der Waals surface area contributed by atoms with Crippen LogP contribution in [0.3, 0.4) is 0 Å². The summed E-state index contributed by atoms with van der Waals surface area (Å²) >= 11 is 0. The number of anilines is 5. The van der Waals surface area contributed by atoms with Gasteiger partial charge in [-0.15, -0.1) is 0 Å². The molecule has 0 saturated carbocycles. The number of nitriles is 2. The summed E-state index contributed by atoms with van der Waals surface area (Å²) < 4.78 is 6.68. The number of hydrogen-bond donors (Lipinski definition) is 0. The summed E-state index contributed by atoms with van der Waals surface area (Å²) in [5.41, 5.74) is 16.0. The van der Waals surface area contributed by atoms with E-state index in [-0.39, 0.29) is 0 Å². The van der Waals surface area contributed by atoms with Crippen molar-refractivity contribution in [2.24, 2.45) is 11.8 Å². The van der Waals surface area contributed by atoms with E-state index in [0.717, 1.165) is 119 Å². The lowest BCUT2D eigenvalue weighted by Crippen LogP contribution is -2.21. The van der Waals surface area contributed by atoms with E-state index in [1.54, 1.807) is 0 Å². The van der Waals surface area contributed by atoms with Crippen LogP contribution < -0.4 is 9.80 Å². The Hall–Kier alpha value is -7.86. The number of hydrogen-bond acceptors (Lipinski definition) is 5. The molecule has 0 bridgehead atoms. The molecule has 0 aliphatic heterocycles. The maximum Gasteiger partial charge on any atom is 0.159 e. The van der Waals surface area contributed by atoms with Crippen molar-refractivity contribution >= 4 is 88.3 Å². The average Bonchev–Trinajstić information content (AvgIpc) is 3.92. The van der Waals surface area contributed by atoms with E-state index >= 15 is 0 Å². The highest BCUT2D eigenvalue weighted by atomic mass is 16.3. The molecule has 9 aromatic rings. The van der Waals surface area contributed by atoms with Gasteiger partial charge in [0.1, 0.15) is 17.7 Å². The summed E-state index contributed by atoms with van der Waals surface area (Å²) in [5.74, 6) is 0.801. The van der Waals surface area contributed by atoms with E-state index < -0.39 is 0 Å². The summed E-state index contributed by atoms with van der Waals surface area (Å²) in [5, 5.41) is 30.5. The van der Waals surface area contributed by atoms with Gasteiger partial charge in [-0.1, -0.05) is 137 Å². The fourth-order valence-electron chi connectivity index (χ4n) is 10.9. The van der Waals surface area contributed by atoms with E-state index in [9.17, 15) is 10.5 Å². The lowest BCUT2D eigenvalue weighted by Gasteiger charge is -2.33. The van der Waals surface area contributed by atoms with Crippen LogP contribution in [0.4, 0.5) is 28.4 Å². The SMILES string of the molecule is CC.CC1=CCC(C)C=C1N(c1cc2ccc3c(C#N)c(N(c4ccccc4C)c4cccc5c4CC4=CCC(C)C=C45)cc4ccc(c1C#N)c2c43)c1cccc2c1oc1ccccc12. The van der Waals surface area contributed by atoms with Gasteiger partial charge < -0.3 is 14.2 Å². The highest BCUT2D eigenvalue weighted by molar-refractivity contribution is 6.27. The molecule has 0 N–H and O–H groups in total. The third-order valence-corrected chi connectivity index (χ3v) is 14.0. The second-order valence-corrected chi connectivity index (χ2v) is 18.1. The van der Waals surface area contributed by atoms with Gasteiger partial charge in [0.15, 0.2) is 5.58 Å². The summed E-state index contributed by atoms with van der Waals surface area (Å²) in [6.45, 7) is 12.8. The van der Waals surface area contributed by atoms with Gasteiger partial charge in [0.25, 0.3) is 0 Å². The molecule has 66 heavy (non-hydrogen) atoms. The molecule has 1 aromatic heterocycles. The van der Waals surface area contributed by atoms with Crippen LogP contribution in [-0.4, -0.2) is 0 Å². The van der Waals surface area contributed by atoms with E-state index in [2.05, 4.69) is 177 Å². The highest BCUT2D eigenvalue weighted by Crippen LogP contribution is 2.52. The molecule has 5 heteroatoms. The standard InChI is InChI=1S/C59H44N4O.C2H6/c1-34-20-22-38-29-47-41(46(38)27-34)13-9-16-51(47)62(50-15-7-5-11-36(50)3)54-30-39-23-26-44-49(33-61)55(31-40-24-25-43(48(54)32-60)57(39)58(40)44)63(53-28-35(2)19-21-37(53)4)52-17-10-14-45-42-12-6-8-18-56(42)64-59(45)52;1-2/h5-18,21-28,30-31,34-35H,19-20,29H2,1-4H3;1-2H3. The molecule has 0 spiro atoms. The van der Waals surface area contributed by atoms with Crippen LogP contribution in [0.2, 0.25) is 0 Å². The lowest BCUT2D eigenvalue weighted by atomic mass is 9.87. The Morgan fingerprint density at radius 1 is 0.576 bits per heavy atom. The zero-order chi connectivity index (χ0) is 45.4. The van der Waals surface area contributed by atoms with Crippen molar-refractivity contribution in [1.29, 1.82) is 10.5 Å². The minimum Gasteiger partial charge on any atom is -0.454 e. The number of fused-ring (bicyclic) bond motifs is 6. The number of rotatable bonds is 6. The fraction of sp³-hybridized carbons (Fsp3) is 0.180. The van der Waals surface area contributed by atoms with E-state index in [4.69, 9.17) is 4.42 Å². The zero-order valence-electron chi connectivity index (χ0n) is 38.3. The van der Waals surface area contributed by atoms with Crippen LogP contribution >= 0.6 is 0 Å². The van der Waals surface area contributed by atoms with Crippen molar-refractivity contribution < 1.29 is 4.42 Å². The summed E-state index contributed by atoms with van der Waals surface area (Å²) in [7, 11) is 0. The first-order valence-corrected chi connectivity index (χ1v) is 23.4. The molecular weight excluding hydrogens is 805 g/mol. The van der Waals surface area contributed by atoms with Crippen molar-refractivity contribution in [3.63, 3.8) is 0 Å².